The summed E-state index contributed by atoms with van der Waals surface area (Å²) in [6.07, 6.45) is 1.66. The Kier molecular flexibility index (Phi) is 7.14. The molecule has 4 nitrogen and oxygen atoms in total. The third kappa shape index (κ3) is 5.33. The molecule has 0 amide bonds. The van der Waals surface area contributed by atoms with E-state index in [-0.39, 0.29) is 11.3 Å². The number of oxime groups is 1. The Morgan fingerprint density at radius 3 is 2.11 bits per heavy atom. The molecule has 0 saturated carbocycles. The molecule has 2 aromatic carbocycles. The van der Waals surface area contributed by atoms with E-state index in [4.69, 9.17) is 9.57 Å². The second-order valence-corrected chi connectivity index (χ2v) is 5.50. The average Bonchev–Trinajstić information content (AvgIpc) is 2.69. The lowest BCUT2D eigenvalue weighted by Crippen LogP contribution is -2.18. The van der Waals surface area contributed by atoms with Gasteiger partial charge in [0.15, 0.2) is 5.71 Å². The molecule has 0 radical (unpaired) electrons. The molecule has 0 saturated heterocycles. The van der Waals surface area contributed by atoms with Crippen LogP contribution in [0.25, 0.3) is 12.2 Å². The number of hydrogen-bond donors (Lipinski definition) is 0. The maximum absolute atomic E-state index is 13.0. The van der Waals surface area contributed by atoms with E-state index in [0.717, 1.165) is 6.07 Å². The first-order valence-electron chi connectivity index (χ1n) is 8.18. The number of allylic oxidation sites excluding steroid dienone is 2. The van der Waals surface area contributed by atoms with Crippen LogP contribution in [0.1, 0.15) is 22.3 Å². The van der Waals surface area contributed by atoms with Gasteiger partial charge in [0.2, 0.25) is 0 Å². The monoisotopic (exact) mass is 389 g/mol. The summed E-state index contributed by atoms with van der Waals surface area (Å²) in [5.41, 5.74) is 0.426. The van der Waals surface area contributed by atoms with Crippen LogP contribution in [0.15, 0.2) is 65.8 Å². The molecule has 0 unspecified atom stereocenters. The molecule has 146 valence electrons. The highest BCUT2D eigenvalue weighted by Gasteiger charge is 2.32. The number of carbonyl (C=O) groups excluding carboxylic acids is 1. The third-order valence-electron chi connectivity index (χ3n) is 3.71. The van der Waals surface area contributed by atoms with Crippen LogP contribution in [0.2, 0.25) is 0 Å². The van der Waals surface area contributed by atoms with Gasteiger partial charge in [-0.05, 0) is 17.2 Å². The lowest BCUT2D eigenvalue weighted by atomic mass is 10.0. The number of esters is 1. The minimum Gasteiger partial charge on any atom is -0.464 e. The van der Waals surface area contributed by atoms with Gasteiger partial charge in [0.05, 0.1) is 12.7 Å². The molecule has 0 aliphatic rings. The van der Waals surface area contributed by atoms with Crippen LogP contribution in [-0.2, 0) is 20.5 Å². The molecule has 0 aromatic heterocycles. The van der Waals surface area contributed by atoms with E-state index in [9.17, 15) is 18.0 Å². The second kappa shape index (κ2) is 9.55. The number of benzene rings is 2. The van der Waals surface area contributed by atoms with Crippen molar-refractivity contribution in [1.29, 1.82) is 0 Å². The van der Waals surface area contributed by atoms with Crippen molar-refractivity contribution in [3.63, 3.8) is 0 Å². The molecule has 0 atom stereocenters. The van der Waals surface area contributed by atoms with Crippen molar-refractivity contribution in [3.05, 3.63) is 82.9 Å². The van der Waals surface area contributed by atoms with Crippen LogP contribution in [0.5, 0.6) is 0 Å². The average molecular weight is 389 g/mol. The van der Waals surface area contributed by atoms with Crippen LogP contribution < -0.4 is 0 Å². The zero-order valence-corrected chi connectivity index (χ0v) is 15.2. The highest BCUT2D eigenvalue weighted by atomic mass is 19.4. The minimum absolute atomic E-state index is 0.0170. The molecule has 0 N–H and O–H groups in total. The summed E-state index contributed by atoms with van der Waals surface area (Å²) in [6.45, 7) is 0. The Morgan fingerprint density at radius 1 is 0.929 bits per heavy atom. The van der Waals surface area contributed by atoms with Crippen LogP contribution >= 0.6 is 0 Å². The molecule has 28 heavy (non-hydrogen) atoms. The highest BCUT2D eigenvalue weighted by Crippen LogP contribution is 2.32. The molecule has 2 aromatic rings. The zero-order valence-electron chi connectivity index (χ0n) is 15.2. The number of halogens is 3. The molecule has 2 rings (SSSR count). The van der Waals surface area contributed by atoms with E-state index >= 15 is 0 Å². The summed E-state index contributed by atoms with van der Waals surface area (Å²) in [5, 5.41) is 3.71. The first-order chi connectivity index (χ1) is 13.4. The summed E-state index contributed by atoms with van der Waals surface area (Å²) in [4.78, 5) is 16.6. The van der Waals surface area contributed by atoms with Gasteiger partial charge in [-0.1, -0.05) is 71.9 Å². The standard InChI is InChI=1S/C21H18F3NO3/c1-27-20(26)19(25-28-2)17-13-7-5-10-15(17)9-3-4-11-16-12-6-8-14-18(16)21(22,23)24/h3-14H,1-2H3/b9-3+,11-4?,25-19+. The Morgan fingerprint density at radius 2 is 1.50 bits per heavy atom. The Hall–Kier alpha value is -3.35. The smallest absolute Gasteiger partial charge is 0.416 e. The van der Waals surface area contributed by atoms with Gasteiger partial charge in [-0.25, -0.2) is 4.79 Å². The molecular formula is C21H18F3NO3. The van der Waals surface area contributed by atoms with Gasteiger partial charge in [0, 0.05) is 5.56 Å². The fourth-order valence-electron chi connectivity index (χ4n) is 2.46. The normalized spacial score (nSPS) is 12.5. The summed E-state index contributed by atoms with van der Waals surface area (Å²) in [7, 11) is 2.54. The topological polar surface area (TPSA) is 47.9 Å². The molecule has 0 fully saturated rings. The Labute approximate surface area is 160 Å². The van der Waals surface area contributed by atoms with Crippen LogP contribution in [0, 0.1) is 0 Å². The number of carbonyl (C=O) groups is 1. The van der Waals surface area contributed by atoms with Crippen molar-refractivity contribution in [3.8, 4) is 0 Å². The minimum atomic E-state index is -4.43. The quantitative estimate of drug-likeness (QED) is 0.304. The summed E-state index contributed by atoms with van der Waals surface area (Å²) < 4.78 is 43.8. The number of alkyl halides is 3. The van der Waals surface area contributed by atoms with Crippen molar-refractivity contribution in [2.75, 3.05) is 14.2 Å². The van der Waals surface area contributed by atoms with Gasteiger partial charge >= 0.3 is 12.1 Å². The first kappa shape index (κ1) is 21.0. The molecule has 0 bridgehead atoms. The predicted molar refractivity (Wildman–Crippen MR) is 102 cm³/mol. The Balaban J connectivity index is 2.31. The van der Waals surface area contributed by atoms with Gasteiger partial charge < -0.3 is 9.57 Å². The van der Waals surface area contributed by atoms with E-state index in [2.05, 4.69) is 5.16 Å². The number of nitrogens with zero attached hydrogens (tertiary/aromatic N) is 1. The van der Waals surface area contributed by atoms with Crippen molar-refractivity contribution >= 4 is 23.8 Å². The van der Waals surface area contributed by atoms with Gasteiger partial charge in [0.1, 0.15) is 7.11 Å². The number of methoxy groups -OCH3 is 1. The van der Waals surface area contributed by atoms with Crippen LogP contribution in [0.3, 0.4) is 0 Å². The molecule has 0 aliphatic heterocycles. The fourth-order valence-corrected chi connectivity index (χ4v) is 2.46. The molecule has 0 aliphatic carbocycles. The number of hydrogen-bond acceptors (Lipinski definition) is 4. The summed E-state index contributed by atoms with van der Waals surface area (Å²) in [5.74, 6) is -0.669. The van der Waals surface area contributed by atoms with E-state index in [1.54, 1.807) is 36.4 Å². The van der Waals surface area contributed by atoms with Crippen molar-refractivity contribution in [1.82, 2.24) is 0 Å². The summed E-state index contributed by atoms with van der Waals surface area (Å²) in [6, 6.07) is 12.2. The van der Waals surface area contributed by atoms with Crippen molar-refractivity contribution in [2.45, 2.75) is 6.18 Å². The lowest BCUT2D eigenvalue weighted by molar-refractivity contribution is -0.137. The highest BCUT2D eigenvalue weighted by molar-refractivity contribution is 6.43. The number of ether oxygens (including phenoxy) is 1. The van der Waals surface area contributed by atoms with E-state index in [0.29, 0.717) is 11.1 Å². The zero-order chi connectivity index (χ0) is 20.6. The van der Waals surface area contributed by atoms with Gasteiger partial charge in [-0.2, -0.15) is 13.2 Å². The maximum Gasteiger partial charge on any atom is 0.416 e. The van der Waals surface area contributed by atoms with E-state index in [1.807, 2.05) is 0 Å². The summed E-state index contributed by atoms with van der Waals surface area (Å²) >= 11 is 0. The maximum atomic E-state index is 13.0. The van der Waals surface area contributed by atoms with Crippen molar-refractivity contribution < 1.29 is 27.5 Å². The van der Waals surface area contributed by atoms with Gasteiger partial charge in [-0.3, -0.25) is 0 Å². The fraction of sp³-hybridized carbons (Fsp3) is 0.143. The molecule has 7 heteroatoms. The molecule has 0 heterocycles. The van der Waals surface area contributed by atoms with E-state index < -0.39 is 17.7 Å². The first-order valence-corrected chi connectivity index (χ1v) is 8.18. The van der Waals surface area contributed by atoms with Crippen LogP contribution in [0.4, 0.5) is 13.2 Å². The third-order valence-corrected chi connectivity index (χ3v) is 3.71. The SMILES string of the molecule is CO/N=C(/C(=O)OC)c1ccccc1/C=C/C=Cc1ccccc1C(F)(F)F. The molecular weight excluding hydrogens is 371 g/mol. The van der Waals surface area contributed by atoms with E-state index in [1.165, 1.54) is 44.6 Å². The second-order valence-electron chi connectivity index (χ2n) is 5.50. The predicted octanol–water partition coefficient (Wildman–Crippen LogP) is 4.96. The van der Waals surface area contributed by atoms with Gasteiger partial charge in [-0.15, -0.1) is 0 Å². The largest absolute Gasteiger partial charge is 0.464 e. The lowest BCUT2D eigenvalue weighted by Gasteiger charge is -2.09. The van der Waals surface area contributed by atoms with Crippen LogP contribution in [-0.4, -0.2) is 25.9 Å². The Bertz CT molecular complexity index is 915. The molecule has 0 spiro atoms. The van der Waals surface area contributed by atoms with Gasteiger partial charge in [0.25, 0.3) is 0 Å². The van der Waals surface area contributed by atoms with Crippen molar-refractivity contribution in [2.24, 2.45) is 5.16 Å². The number of rotatable bonds is 6.